The van der Waals surface area contributed by atoms with Crippen molar-refractivity contribution in [3.05, 3.63) is 22.3 Å². The quantitative estimate of drug-likeness (QED) is 0.877. The molecule has 1 amide bonds. The SMILES string of the molecule is CCC(CN)CC(=O)Nc1ccc(Br)c(C)n1. The number of aryl methyl sites for hydroxylation is 1. The second kappa shape index (κ2) is 6.71. The van der Waals surface area contributed by atoms with Gasteiger partial charge in [-0.15, -0.1) is 0 Å². The summed E-state index contributed by atoms with van der Waals surface area (Å²) in [6, 6.07) is 3.65. The number of halogens is 1. The number of nitrogens with one attached hydrogen (secondary N) is 1. The molecule has 1 aromatic rings. The van der Waals surface area contributed by atoms with E-state index < -0.39 is 0 Å². The molecule has 17 heavy (non-hydrogen) atoms. The van der Waals surface area contributed by atoms with Gasteiger partial charge in [0.25, 0.3) is 0 Å². The molecule has 0 saturated heterocycles. The molecule has 0 saturated carbocycles. The Hall–Kier alpha value is -0.940. The number of carbonyl (C=O) groups is 1. The summed E-state index contributed by atoms with van der Waals surface area (Å²) in [5, 5.41) is 2.78. The molecule has 0 aliphatic carbocycles. The summed E-state index contributed by atoms with van der Waals surface area (Å²) in [5.74, 6) is 0.797. The second-order valence-corrected chi connectivity index (χ2v) is 4.88. The van der Waals surface area contributed by atoms with Gasteiger partial charge in [0.2, 0.25) is 5.91 Å². The van der Waals surface area contributed by atoms with Gasteiger partial charge >= 0.3 is 0 Å². The van der Waals surface area contributed by atoms with Crippen LogP contribution in [0.5, 0.6) is 0 Å². The van der Waals surface area contributed by atoms with Crippen LogP contribution in [0.2, 0.25) is 0 Å². The number of carbonyl (C=O) groups excluding carboxylic acids is 1. The molecule has 94 valence electrons. The topological polar surface area (TPSA) is 68.0 Å². The van der Waals surface area contributed by atoms with Gasteiger partial charge in [-0.3, -0.25) is 4.79 Å². The maximum atomic E-state index is 11.7. The van der Waals surface area contributed by atoms with E-state index >= 15 is 0 Å². The van der Waals surface area contributed by atoms with Gasteiger partial charge in [-0.25, -0.2) is 4.98 Å². The zero-order valence-corrected chi connectivity index (χ0v) is 11.8. The van der Waals surface area contributed by atoms with Gasteiger partial charge in [0.1, 0.15) is 5.82 Å². The van der Waals surface area contributed by atoms with Crippen LogP contribution in [0, 0.1) is 12.8 Å². The maximum absolute atomic E-state index is 11.7. The highest BCUT2D eigenvalue weighted by atomic mass is 79.9. The first-order valence-corrected chi connectivity index (χ1v) is 6.49. The molecule has 0 radical (unpaired) electrons. The van der Waals surface area contributed by atoms with Gasteiger partial charge in [-0.2, -0.15) is 0 Å². The van der Waals surface area contributed by atoms with E-state index in [1.54, 1.807) is 6.07 Å². The van der Waals surface area contributed by atoms with Gasteiger partial charge in [-0.05, 0) is 47.4 Å². The van der Waals surface area contributed by atoms with E-state index in [-0.39, 0.29) is 11.8 Å². The first kappa shape index (κ1) is 14.1. The molecule has 1 aromatic heterocycles. The van der Waals surface area contributed by atoms with Gasteiger partial charge in [-0.1, -0.05) is 13.3 Å². The van der Waals surface area contributed by atoms with Crippen molar-refractivity contribution in [2.75, 3.05) is 11.9 Å². The number of anilines is 1. The van der Waals surface area contributed by atoms with Crippen LogP contribution < -0.4 is 11.1 Å². The van der Waals surface area contributed by atoms with Gasteiger partial charge < -0.3 is 11.1 Å². The third-order valence-electron chi connectivity index (χ3n) is 2.67. The van der Waals surface area contributed by atoms with Crippen LogP contribution in [0.15, 0.2) is 16.6 Å². The minimum Gasteiger partial charge on any atom is -0.330 e. The smallest absolute Gasteiger partial charge is 0.225 e. The molecule has 0 aliphatic rings. The van der Waals surface area contributed by atoms with Crippen LogP contribution in [0.3, 0.4) is 0 Å². The number of amides is 1. The summed E-state index contributed by atoms with van der Waals surface area (Å²) < 4.78 is 0.934. The molecule has 1 unspecified atom stereocenters. The molecule has 0 spiro atoms. The highest BCUT2D eigenvalue weighted by Gasteiger charge is 2.11. The minimum absolute atomic E-state index is 0.0310. The van der Waals surface area contributed by atoms with Crippen LogP contribution in [0.4, 0.5) is 5.82 Å². The monoisotopic (exact) mass is 299 g/mol. The lowest BCUT2D eigenvalue weighted by Crippen LogP contribution is -2.22. The summed E-state index contributed by atoms with van der Waals surface area (Å²) in [6.45, 7) is 4.46. The Balaban J connectivity index is 2.58. The number of nitrogens with two attached hydrogens (primary N) is 1. The minimum atomic E-state index is -0.0310. The van der Waals surface area contributed by atoms with Gasteiger partial charge in [0, 0.05) is 10.9 Å². The Morgan fingerprint density at radius 3 is 2.82 bits per heavy atom. The van der Waals surface area contributed by atoms with Crippen molar-refractivity contribution < 1.29 is 4.79 Å². The molecule has 1 rings (SSSR count). The predicted molar refractivity (Wildman–Crippen MR) is 72.8 cm³/mol. The van der Waals surface area contributed by atoms with Crippen LogP contribution in [0.25, 0.3) is 0 Å². The third kappa shape index (κ3) is 4.44. The van der Waals surface area contributed by atoms with Crippen LogP contribution in [-0.4, -0.2) is 17.4 Å². The summed E-state index contributed by atoms with van der Waals surface area (Å²) in [4.78, 5) is 16.0. The molecular weight excluding hydrogens is 282 g/mol. The Morgan fingerprint density at radius 2 is 2.29 bits per heavy atom. The highest BCUT2D eigenvalue weighted by Crippen LogP contribution is 2.16. The van der Waals surface area contributed by atoms with E-state index in [1.807, 2.05) is 19.9 Å². The third-order valence-corrected chi connectivity index (χ3v) is 3.51. The summed E-state index contributed by atoms with van der Waals surface area (Å²) in [6.07, 6.45) is 1.36. The summed E-state index contributed by atoms with van der Waals surface area (Å²) >= 11 is 3.37. The van der Waals surface area contributed by atoms with Crippen molar-refractivity contribution in [1.29, 1.82) is 0 Å². The second-order valence-electron chi connectivity index (χ2n) is 4.03. The molecule has 0 fully saturated rings. The van der Waals surface area contributed by atoms with Crippen molar-refractivity contribution >= 4 is 27.7 Å². The fourth-order valence-corrected chi connectivity index (χ4v) is 1.68. The number of nitrogens with zero attached hydrogens (tertiary/aromatic N) is 1. The van der Waals surface area contributed by atoms with E-state index in [2.05, 4.69) is 26.2 Å². The first-order chi connectivity index (χ1) is 8.06. The number of hydrogen-bond donors (Lipinski definition) is 2. The van der Waals surface area contributed by atoms with Crippen molar-refractivity contribution in [3.8, 4) is 0 Å². The fraction of sp³-hybridized carbons (Fsp3) is 0.500. The van der Waals surface area contributed by atoms with Gasteiger partial charge in [0.05, 0.1) is 5.69 Å². The van der Waals surface area contributed by atoms with E-state index in [9.17, 15) is 4.79 Å². The average Bonchev–Trinajstić information content (AvgIpc) is 2.31. The Bertz CT molecular complexity index is 391. The van der Waals surface area contributed by atoms with Gasteiger partial charge in [0.15, 0.2) is 0 Å². The number of rotatable bonds is 5. The van der Waals surface area contributed by atoms with E-state index in [0.29, 0.717) is 18.8 Å². The molecule has 0 bridgehead atoms. The van der Waals surface area contributed by atoms with Crippen molar-refractivity contribution in [3.63, 3.8) is 0 Å². The lowest BCUT2D eigenvalue weighted by atomic mass is 10.0. The lowest BCUT2D eigenvalue weighted by molar-refractivity contribution is -0.117. The number of hydrogen-bond acceptors (Lipinski definition) is 3. The highest BCUT2D eigenvalue weighted by molar-refractivity contribution is 9.10. The molecule has 0 aromatic carbocycles. The molecule has 3 N–H and O–H groups in total. The molecule has 4 nitrogen and oxygen atoms in total. The maximum Gasteiger partial charge on any atom is 0.225 e. The van der Waals surface area contributed by atoms with Crippen molar-refractivity contribution in [1.82, 2.24) is 4.98 Å². The zero-order valence-electron chi connectivity index (χ0n) is 10.2. The largest absolute Gasteiger partial charge is 0.330 e. The molecule has 5 heteroatoms. The fourth-order valence-electron chi connectivity index (χ4n) is 1.46. The normalized spacial score (nSPS) is 12.2. The zero-order chi connectivity index (χ0) is 12.8. The van der Waals surface area contributed by atoms with Crippen LogP contribution in [-0.2, 0) is 4.79 Å². The summed E-state index contributed by atoms with van der Waals surface area (Å²) in [7, 11) is 0. The average molecular weight is 300 g/mol. The lowest BCUT2D eigenvalue weighted by Gasteiger charge is -2.12. The van der Waals surface area contributed by atoms with Crippen molar-refractivity contribution in [2.45, 2.75) is 26.7 Å². The summed E-state index contributed by atoms with van der Waals surface area (Å²) in [5.41, 5.74) is 6.42. The van der Waals surface area contributed by atoms with Crippen LogP contribution >= 0.6 is 15.9 Å². The van der Waals surface area contributed by atoms with E-state index in [0.717, 1.165) is 16.6 Å². The Kier molecular flexibility index (Phi) is 5.58. The number of aromatic nitrogens is 1. The van der Waals surface area contributed by atoms with E-state index in [4.69, 9.17) is 5.73 Å². The standard InChI is InChI=1S/C12H18BrN3O/c1-3-9(7-14)6-12(17)16-11-5-4-10(13)8(2)15-11/h4-5,9H,3,6-7,14H2,1-2H3,(H,15,16,17). The molecule has 1 heterocycles. The van der Waals surface area contributed by atoms with Crippen LogP contribution in [0.1, 0.15) is 25.5 Å². The molecular formula is C12H18BrN3O. The van der Waals surface area contributed by atoms with E-state index in [1.165, 1.54) is 0 Å². The van der Waals surface area contributed by atoms with Crippen molar-refractivity contribution in [2.24, 2.45) is 11.7 Å². The Morgan fingerprint density at radius 1 is 1.59 bits per heavy atom. The first-order valence-electron chi connectivity index (χ1n) is 5.69. The predicted octanol–water partition coefficient (Wildman–Crippen LogP) is 2.47. The molecule has 0 aliphatic heterocycles. The molecule has 1 atom stereocenters. The number of pyridine rings is 1. The Labute approximate surface area is 110 Å².